The second-order valence-corrected chi connectivity index (χ2v) is 6.61. The largest absolute Gasteiger partial charge is 0.454 e. The third-order valence-corrected chi connectivity index (χ3v) is 4.06. The number of halogens is 1. The third-order valence-electron chi connectivity index (χ3n) is 3.53. The average Bonchev–Trinajstić information content (AvgIpc) is 2.58. The summed E-state index contributed by atoms with van der Waals surface area (Å²) in [7, 11) is 0. The topological polar surface area (TPSA) is 43.4 Å². The van der Waals surface area contributed by atoms with Crippen LogP contribution in [0.1, 0.15) is 41.3 Å². The zero-order valence-corrected chi connectivity index (χ0v) is 15.2. The summed E-state index contributed by atoms with van der Waals surface area (Å²) in [5.74, 6) is -0.295. The molecule has 0 spiro atoms. The van der Waals surface area contributed by atoms with Gasteiger partial charge in [-0.15, -0.1) is 0 Å². The van der Waals surface area contributed by atoms with Crippen molar-refractivity contribution in [2.75, 3.05) is 6.61 Å². The molecule has 0 amide bonds. The number of hydrogen-bond donors (Lipinski definition) is 0. The molecule has 0 N–H and O–H groups in total. The molecule has 24 heavy (non-hydrogen) atoms. The lowest BCUT2D eigenvalue weighted by Crippen LogP contribution is -2.12. The van der Waals surface area contributed by atoms with E-state index >= 15 is 0 Å². The number of carbonyl (C=O) groups is 2. The third kappa shape index (κ3) is 5.46. The van der Waals surface area contributed by atoms with E-state index in [4.69, 9.17) is 4.74 Å². The molecule has 0 aliphatic rings. The van der Waals surface area contributed by atoms with E-state index in [0.717, 1.165) is 10.0 Å². The molecule has 0 bridgehead atoms. The van der Waals surface area contributed by atoms with Crippen molar-refractivity contribution in [1.29, 1.82) is 0 Å². The van der Waals surface area contributed by atoms with Crippen LogP contribution in [0.2, 0.25) is 0 Å². The molecule has 0 fully saturated rings. The van der Waals surface area contributed by atoms with Crippen LogP contribution in [-0.4, -0.2) is 18.4 Å². The van der Waals surface area contributed by atoms with Crippen molar-refractivity contribution in [3.8, 4) is 0 Å². The molecule has 2 rings (SSSR count). The van der Waals surface area contributed by atoms with Crippen molar-refractivity contribution in [3.05, 3.63) is 75.8 Å². The maximum Gasteiger partial charge on any atom is 0.331 e. The van der Waals surface area contributed by atoms with Gasteiger partial charge in [0.2, 0.25) is 0 Å². The Morgan fingerprint density at radius 3 is 2.25 bits per heavy atom. The molecule has 0 atom stereocenters. The van der Waals surface area contributed by atoms with Crippen molar-refractivity contribution in [1.82, 2.24) is 0 Å². The monoisotopic (exact) mass is 386 g/mol. The molecule has 124 valence electrons. The first-order valence-corrected chi connectivity index (χ1v) is 8.48. The summed E-state index contributed by atoms with van der Waals surface area (Å²) in [5.41, 5.74) is 2.67. The molecule has 0 saturated carbocycles. The Morgan fingerprint density at radius 2 is 1.67 bits per heavy atom. The van der Waals surface area contributed by atoms with Crippen molar-refractivity contribution < 1.29 is 14.3 Å². The highest BCUT2D eigenvalue weighted by atomic mass is 79.9. The van der Waals surface area contributed by atoms with E-state index in [9.17, 15) is 9.59 Å². The Kier molecular flexibility index (Phi) is 6.50. The van der Waals surface area contributed by atoms with E-state index < -0.39 is 5.97 Å². The minimum atomic E-state index is -0.534. The summed E-state index contributed by atoms with van der Waals surface area (Å²) in [6.07, 6.45) is 3.01. The lowest BCUT2D eigenvalue weighted by molar-refractivity contribution is -0.136. The van der Waals surface area contributed by atoms with E-state index in [2.05, 4.69) is 29.8 Å². The molecule has 0 aromatic heterocycles. The minimum absolute atomic E-state index is 0.231. The SMILES string of the molecule is CC(C)c1ccc(/C=C/C(=O)OCC(=O)c2ccc(Br)cc2)cc1. The van der Waals surface area contributed by atoms with Gasteiger partial charge in [-0.25, -0.2) is 4.79 Å². The summed E-state index contributed by atoms with van der Waals surface area (Å²) < 4.78 is 5.88. The second-order valence-electron chi connectivity index (χ2n) is 5.69. The van der Waals surface area contributed by atoms with Crippen LogP contribution in [0.5, 0.6) is 0 Å². The molecule has 0 aliphatic heterocycles. The highest BCUT2D eigenvalue weighted by molar-refractivity contribution is 9.10. The first-order chi connectivity index (χ1) is 11.5. The van der Waals surface area contributed by atoms with Crippen LogP contribution in [-0.2, 0) is 9.53 Å². The molecule has 4 heteroatoms. The highest BCUT2D eigenvalue weighted by Crippen LogP contribution is 2.15. The van der Waals surface area contributed by atoms with Crippen LogP contribution in [0.3, 0.4) is 0 Å². The summed E-state index contributed by atoms with van der Waals surface area (Å²) in [6, 6.07) is 14.9. The fraction of sp³-hybridized carbons (Fsp3) is 0.200. The van der Waals surface area contributed by atoms with Gasteiger partial charge in [0.05, 0.1) is 0 Å². The molecule has 0 heterocycles. The molecule has 3 nitrogen and oxygen atoms in total. The Morgan fingerprint density at radius 1 is 1.04 bits per heavy atom. The molecule has 0 unspecified atom stereocenters. The molecule has 2 aromatic rings. The van der Waals surface area contributed by atoms with Crippen molar-refractivity contribution in [2.24, 2.45) is 0 Å². The number of hydrogen-bond acceptors (Lipinski definition) is 3. The van der Waals surface area contributed by atoms with Gasteiger partial charge in [0.1, 0.15) is 0 Å². The summed E-state index contributed by atoms with van der Waals surface area (Å²) >= 11 is 3.31. The van der Waals surface area contributed by atoms with Crippen molar-refractivity contribution >= 4 is 33.8 Å². The van der Waals surface area contributed by atoms with Crippen LogP contribution in [0.25, 0.3) is 6.08 Å². The van der Waals surface area contributed by atoms with E-state index in [1.54, 1.807) is 30.3 Å². The van der Waals surface area contributed by atoms with Gasteiger partial charge in [-0.05, 0) is 35.3 Å². The lowest BCUT2D eigenvalue weighted by atomic mass is 10.0. The number of ether oxygens (including phenoxy) is 1. The number of esters is 1. The standard InChI is InChI=1S/C20H19BrO3/c1-14(2)16-6-3-15(4-7-16)5-12-20(23)24-13-19(22)17-8-10-18(21)11-9-17/h3-12,14H,13H2,1-2H3/b12-5+. The van der Waals surface area contributed by atoms with Gasteiger partial charge < -0.3 is 4.74 Å². The summed E-state index contributed by atoms with van der Waals surface area (Å²) in [4.78, 5) is 23.6. The normalized spacial score (nSPS) is 11.0. The number of rotatable bonds is 6. The highest BCUT2D eigenvalue weighted by Gasteiger charge is 2.08. The molecule has 0 aliphatic carbocycles. The summed E-state index contributed by atoms with van der Waals surface area (Å²) in [5, 5.41) is 0. The maximum absolute atomic E-state index is 11.9. The van der Waals surface area contributed by atoms with Gasteiger partial charge >= 0.3 is 5.97 Å². The first-order valence-electron chi connectivity index (χ1n) is 7.69. The van der Waals surface area contributed by atoms with Gasteiger partial charge in [0.25, 0.3) is 0 Å². The predicted molar refractivity (Wildman–Crippen MR) is 99.0 cm³/mol. The van der Waals surface area contributed by atoms with E-state index in [1.807, 2.05) is 24.3 Å². The van der Waals surface area contributed by atoms with Gasteiger partial charge in [-0.3, -0.25) is 4.79 Å². The summed E-state index contributed by atoms with van der Waals surface area (Å²) in [6.45, 7) is 3.99. The number of benzene rings is 2. The fourth-order valence-electron chi connectivity index (χ4n) is 2.06. The number of ketones is 1. The molecule has 0 radical (unpaired) electrons. The van der Waals surface area contributed by atoms with Crippen LogP contribution in [0.4, 0.5) is 0 Å². The average molecular weight is 387 g/mol. The molecule has 2 aromatic carbocycles. The predicted octanol–water partition coefficient (Wildman–Crippen LogP) is 5.01. The fourth-order valence-corrected chi connectivity index (χ4v) is 2.32. The number of Topliss-reactive ketones (excluding diaryl/α,β-unsaturated/α-hetero) is 1. The molecular weight excluding hydrogens is 368 g/mol. The Hall–Kier alpha value is -2.20. The van der Waals surface area contributed by atoms with E-state index in [1.165, 1.54) is 11.6 Å². The Balaban J connectivity index is 1.86. The van der Waals surface area contributed by atoms with E-state index in [0.29, 0.717) is 11.5 Å². The van der Waals surface area contributed by atoms with Crippen LogP contribution in [0.15, 0.2) is 59.1 Å². The zero-order chi connectivity index (χ0) is 17.5. The van der Waals surface area contributed by atoms with Crippen LogP contribution in [0, 0.1) is 0 Å². The quantitative estimate of drug-likeness (QED) is 0.398. The Labute approximate surface area is 150 Å². The molecular formula is C20H19BrO3. The molecule has 0 saturated heterocycles. The first kappa shape index (κ1) is 18.1. The minimum Gasteiger partial charge on any atom is -0.454 e. The van der Waals surface area contributed by atoms with Crippen LogP contribution < -0.4 is 0 Å². The lowest BCUT2D eigenvalue weighted by Gasteiger charge is -2.04. The smallest absolute Gasteiger partial charge is 0.331 e. The Bertz CT molecular complexity index is 728. The van der Waals surface area contributed by atoms with Crippen molar-refractivity contribution in [2.45, 2.75) is 19.8 Å². The van der Waals surface area contributed by atoms with Gasteiger partial charge in [-0.2, -0.15) is 0 Å². The zero-order valence-electron chi connectivity index (χ0n) is 13.7. The van der Waals surface area contributed by atoms with Gasteiger partial charge in [-0.1, -0.05) is 66.2 Å². The van der Waals surface area contributed by atoms with E-state index in [-0.39, 0.29) is 12.4 Å². The maximum atomic E-state index is 11.9. The van der Waals surface area contributed by atoms with Crippen LogP contribution >= 0.6 is 15.9 Å². The van der Waals surface area contributed by atoms with Gasteiger partial charge in [0.15, 0.2) is 12.4 Å². The second kappa shape index (κ2) is 8.60. The van der Waals surface area contributed by atoms with Crippen molar-refractivity contribution in [3.63, 3.8) is 0 Å². The van der Waals surface area contributed by atoms with Gasteiger partial charge in [0, 0.05) is 16.1 Å². The number of carbonyl (C=O) groups excluding carboxylic acids is 2.